The summed E-state index contributed by atoms with van der Waals surface area (Å²) in [7, 11) is 0. The number of carbonyl (C=O) groups is 1. The lowest BCUT2D eigenvalue weighted by Gasteiger charge is -2.20. The second-order valence-corrected chi connectivity index (χ2v) is 6.07. The van der Waals surface area contributed by atoms with Crippen LogP contribution in [0.3, 0.4) is 0 Å². The maximum atomic E-state index is 13.4. The summed E-state index contributed by atoms with van der Waals surface area (Å²) in [5, 5.41) is 4.51. The van der Waals surface area contributed by atoms with E-state index in [1.165, 1.54) is 0 Å². The van der Waals surface area contributed by atoms with Crippen molar-refractivity contribution >= 4 is 5.78 Å². The number of nitrogens with zero attached hydrogens (tertiary/aromatic N) is 2. The van der Waals surface area contributed by atoms with E-state index in [2.05, 4.69) is 5.10 Å². The van der Waals surface area contributed by atoms with Crippen LogP contribution in [0.25, 0.3) is 11.3 Å². The van der Waals surface area contributed by atoms with E-state index < -0.39 is 6.04 Å². The molecule has 0 spiro atoms. The highest BCUT2D eigenvalue weighted by atomic mass is 16.1. The van der Waals surface area contributed by atoms with Crippen LogP contribution in [0.2, 0.25) is 0 Å². The van der Waals surface area contributed by atoms with Gasteiger partial charge in [-0.25, -0.2) is 4.68 Å². The van der Waals surface area contributed by atoms with Gasteiger partial charge >= 0.3 is 0 Å². The normalized spacial score (nSPS) is 11.8. The number of rotatable bonds is 5. The SMILES string of the molecule is O=C(c1ccccc1)C(c1ccccc1)n1nccc1-c1ccccc1. The fourth-order valence-electron chi connectivity index (χ4n) is 3.16. The van der Waals surface area contributed by atoms with Gasteiger partial charge in [-0.1, -0.05) is 91.0 Å². The van der Waals surface area contributed by atoms with Crippen LogP contribution in [-0.2, 0) is 0 Å². The molecule has 0 saturated heterocycles. The monoisotopic (exact) mass is 338 g/mol. The Morgan fingerprint density at radius 2 is 1.31 bits per heavy atom. The van der Waals surface area contributed by atoms with Gasteiger partial charge in [0.1, 0.15) is 6.04 Å². The van der Waals surface area contributed by atoms with E-state index in [9.17, 15) is 4.79 Å². The predicted octanol–water partition coefficient (Wildman–Crippen LogP) is 5.02. The van der Waals surface area contributed by atoms with E-state index in [1.54, 1.807) is 6.20 Å². The van der Waals surface area contributed by atoms with Crippen LogP contribution in [0, 0.1) is 0 Å². The lowest BCUT2D eigenvalue weighted by atomic mass is 9.97. The number of carbonyl (C=O) groups excluding carboxylic acids is 1. The molecule has 0 aliphatic carbocycles. The number of hydrogen-bond acceptors (Lipinski definition) is 2. The zero-order valence-corrected chi connectivity index (χ0v) is 14.2. The van der Waals surface area contributed by atoms with Crippen molar-refractivity contribution in [3.05, 3.63) is 114 Å². The van der Waals surface area contributed by atoms with Gasteiger partial charge in [-0.15, -0.1) is 0 Å². The quantitative estimate of drug-likeness (QED) is 0.479. The first-order valence-electron chi connectivity index (χ1n) is 8.58. The Morgan fingerprint density at radius 1 is 0.731 bits per heavy atom. The molecule has 0 saturated carbocycles. The third-order valence-electron chi connectivity index (χ3n) is 4.41. The number of Topliss-reactive ketones (excluding diaryl/α,β-unsaturated/α-hetero) is 1. The van der Waals surface area contributed by atoms with Crippen LogP contribution in [0.5, 0.6) is 0 Å². The van der Waals surface area contributed by atoms with Gasteiger partial charge in [0, 0.05) is 11.8 Å². The number of hydrogen-bond donors (Lipinski definition) is 0. The minimum Gasteiger partial charge on any atom is -0.291 e. The van der Waals surface area contributed by atoms with Crippen LogP contribution in [0.1, 0.15) is 22.0 Å². The zero-order valence-electron chi connectivity index (χ0n) is 14.2. The Morgan fingerprint density at radius 3 is 1.96 bits per heavy atom. The van der Waals surface area contributed by atoms with Gasteiger partial charge in [0.15, 0.2) is 5.78 Å². The molecule has 0 amide bonds. The van der Waals surface area contributed by atoms with Crippen molar-refractivity contribution in [2.24, 2.45) is 0 Å². The largest absolute Gasteiger partial charge is 0.291 e. The molecular weight excluding hydrogens is 320 g/mol. The smallest absolute Gasteiger partial charge is 0.191 e. The van der Waals surface area contributed by atoms with Crippen LogP contribution < -0.4 is 0 Å². The molecule has 0 bridgehead atoms. The van der Waals surface area contributed by atoms with Crippen molar-refractivity contribution in [3.63, 3.8) is 0 Å². The van der Waals surface area contributed by atoms with Gasteiger partial charge in [-0.3, -0.25) is 4.79 Å². The first-order valence-corrected chi connectivity index (χ1v) is 8.58. The number of ketones is 1. The first kappa shape index (κ1) is 16.0. The maximum absolute atomic E-state index is 13.4. The Hall–Kier alpha value is -3.46. The summed E-state index contributed by atoms with van der Waals surface area (Å²) in [6.07, 6.45) is 1.75. The third-order valence-corrected chi connectivity index (χ3v) is 4.41. The lowest BCUT2D eigenvalue weighted by Crippen LogP contribution is -2.23. The fourth-order valence-corrected chi connectivity index (χ4v) is 3.16. The van der Waals surface area contributed by atoms with Crippen LogP contribution in [0.4, 0.5) is 0 Å². The van der Waals surface area contributed by atoms with Crippen molar-refractivity contribution in [3.8, 4) is 11.3 Å². The van der Waals surface area contributed by atoms with E-state index >= 15 is 0 Å². The Labute approximate surface area is 152 Å². The second-order valence-electron chi connectivity index (χ2n) is 6.07. The molecule has 0 fully saturated rings. The molecular formula is C23H18N2O. The van der Waals surface area contributed by atoms with Crippen molar-refractivity contribution in [2.45, 2.75) is 6.04 Å². The molecule has 3 heteroatoms. The number of benzene rings is 3. The van der Waals surface area contributed by atoms with Gasteiger partial charge in [-0.2, -0.15) is 5.10 Å². The predicted molar refractivity (Wildman–Crippen MR) is 103 cm³/mol. The summed E-state index contributed by atoms with van der Waals surface area (Å²) in [5.41, 5.74) is 3.55. The second kappa shape index (κ2) is 7.19. The molecule has 0 aliphatic heterocycles. The van der Waals surface area contributed by atoms with Crippen LogP contribution >= 0.6 is 0 Å². The minimum absolute atomic E-state index is 0.0256. The average Bonchev–Trinajstić information content (AvgIpc) is 3.19. The Balaban J connectivity index is 1.86. The molecule has 3 nitrogen and oxygen atoms in total. The summed E-state index contributed by atoms with van der Waals surface area (Å²) in [6.45, 7) is 0. The summed E-state index contributed by atoms with van der Waals surface area (Å²) < 4.78 is 1.82. The topological polar surface area (TPSA) is 34.9 Å². The van der Waals surface area contributed by atoms with Gasteiger partial charge in [-0.05, 0) is 17.2 Å². The van der Waals surface area contributed by atoms with E-state index in [1.807, 2.05) is 102 Å². The van der Waals surface area contributed by atoms with Crippen molar-refractivity contribution < 1.29 is 4.79 Å². The summed E-state index contributed by atoms with van der Waals surface area (Å²) in [4.78, 5) is 13.4. The lowest BCUT2D eigenvalue weighted by molar-refractivity contribution is 0.0940. The summed E-state index contributed by atoms with van der Waals surface area (Å²) >= 11 is 0. The summed E-state index contributed by atoms with van der Waals surface area (Å²) in [6, 6.07) is 30.6. The standard InChI is InChI=1S/C23H18N2O/c26-23(20-14-8-3-9-15-20)22(19-12-6-2-7-13-19)25-21(16-17-24-25)18-10-4-1-5-11-18/h1-17,22H. The molecule has 26 heavy (non-hydrogen) atoms. The first-order chi connectivity index (χ1) is 12.8. The fraction of sp³-hybridized carbons (Fsp3) is 0.0435. The molecule has 126 valence electrons. The number of aromatic nitrogens is 2. The Bertz CT molecular complexity index is 992. The van der Waals surface area contributed by atoms with E-state index in [-0.39, 0.29) is 5.78 Å². The average molecular weight is 338 g/mol. The van der Waals surface area contributed by atoms with Crippen LogP contribution in [-0.4, -0.2) is 15.6 Å². The Kier molecular flexibility index (Phi) is 4.44. The van der Waals surface area contributed by atoms with Gasteiger partial charge < -0.3 is 0 Å². The van der Waals surface area contributed by atoms with Crippen molar-refractivity contribution in [1.29, 1.82) is 0 Å². The van der Waals surface area contributed by atoms with Crippen LogP contribution in [0.15, 0.2) is 103 Å². The molecule has 1 unspecified atom stereocenters. The van der Waals surface area contributed by atoms with Gasteiger partial charge in [0.05, 0.1) is 5.69 Å². The van der Waals surface area contributed by atoms with Crippen molar-refractivity contribution in [1.82, 2.24) is 9.78 Å². The van der Waals surface area contributed by atoms with E-state index in [0.717, 1.165) is 16.8 Å². The zero-order chi connectivity index (χ0) is 17.8. The summed E-state index contributed by atoms with van der Waals surface area (Å²) in [5.74, 6) is 0.0256. The maximum Gasteiger partial charge on any atom is 0.191 e. The highest BCUT2D eigenvalue weighted by Crippen LogP contribution is 2.28. The molecule has 0 aliphatic rings. The molecule has 4 aromatic rings. The molecule has 1 heterocycles. The molecule has 0 N–H and O–H groups in total. The third kappa shape index (κ3) is 3.07. The van der Waals surface area contributed by atoms with Gasteiger partial charge in [0.2, 0.25) is 0 Å². The highest BCUT2D eigenvalue weighted by molar-refractivity contribution is 6.01. The van der Waals surface area contributed by atoms with E-state index in [0.29, 0.717) is 5.56 Å². The molecule has 0 radical (unpaired) electrons. The van der Waals surface area contributed by atoms with Gasteiger partial charge in [0.25, 0.3) is 0 Å². The van der Waals surface area contributed by atoms with E-state index in [4.69, 9.17) is 0 Å². The molecule has 3 aromatic carbocycles. The minimum atomic E-state index is -0.510. The molecule has 1 aromatic heterocycles. The molecule has 4 rings (SSSR count). The highest BCUT2D eigenvalue weighted by Gasteiger charge is 2.26. The van der Waals surface area contributed by atoms with Crippen molar-refractivity contribution in [2.75, 3.05) is 0 Å². The molecule has 1 atom stereocenters.